The van der Waals surface area contributed by atoms with Gasteiger partial charge in [-0.15, -0.1) is 11.3 Å². The van der Waals surface area contributed by atoms with Gasteiger partial charge in [-0.1, -0.05) is 0 Å². The van der Waals surface area contributed by atoms with E-state index in [0.29, 0.717) is 12.3 Å². The van der Waals surface area contributed by atoms with Gasteiger partial charge in [-0.05, 0) is 43.7 Å². The Labute approximate surface area is 121 Å². The molecule has 0 aliphatic carbocycles. The molecule has 1 amide bonds. The number of thiophene rings is 1. The molecule has 0 unspecified atom stereocenters. The topological polar surface area (TPSA) is 59.3 Å². The van der Waals surface area contributed by atoms with Crippen LogP contribution in [0.1, 0.15) is 27.2 Å². The number of hydrogen-bond acceptors (Lipinski definition) is 4. The minimum absolute atomic E-state index is 0.0756. The Morgan fingerprint density at radius 1 is 1.35 bits per heavy atom. The molecule has 0 bridgehead atoms. The summed E-state index contributed by atoms with van der Waals surface area (Å²) in [6, 6.07) is 7.28. The van der Waals surface area contributed by atoms with Crippen LogP contribution in [0.15, 0.2) is 41.0 Å². The molecule has 0 spiro atoms. The fraction of sp³-hybridized carbons (Fsp3) is 0.200. The molecule has 2 heterocycles. The fourth-order valence-corrected chi connectivity index (χ4v) is 2.52. The molecule has 2 rings (SSSR count). The molecular weight excluding hydrogens is 274 g/mol. The van der Waals surface area contributed by atoms with Crippen LogP contribution < -0.4 is 5.32 Å². The van der Waals surface area contributed by atoms with E-state index in [1.165, 1.54) is 17.4 Å². The highest BCUT2D eigenvalue weighted by Gasteiger charge is 2.04. The molecule has 2 aromatic heterocycles. The van der Waals surface area contributed by atoms with Gasteiger partial charge in [0.15, 0.2) is 5.78 Å². The lowest BCUT2D eigenvalue weighted by Gasteiger charge is -1.99. The van der Waals surface area contributed by atoms with Gasteiger partial charge >= 0.3 is 0 Å². The summed E-state index contributed by atoms with van der Waals surface area (Å²) in [6.07, 6.45) is 5.34. The van der Waals surface area contributed by atoms with Crippen LogP contribution in [0.4, 0.5) is 0 Å². The lowest BCUT2D eigenvalue weighted by molar-refractivity contribution is -0.116. The van der Waals surface area contributed by atoms with Gasteiger partial charge in [0.2, 0.25) is 5.91 Å². The minimum atomic E-state index is -0.162. The summed E-state index contributed by atoms with van der Waals surface area (Å²) in [5, 5.41) is 2.79. The predicted molar refractivity (Wildman–Crippen MR) is 78.8 cm³/mol. The number of hydrogen-bond donors (Lipinski definition) is 1. The zero-order chi connectivity index (χ0) is 14.4. The van der Waals surface area contributed by atoms with Crippen LogP contribution in [0.3, 0.4) is 0 Å². The van der Waals surface area contributed by atoms with Crippen molar-refractivity contribution >= 4 is 29.1 Å². The Morgan fingerprint density at radius 3 is 2.85 bits per heavy atom. The van der Waals surface area contributed by atoms with Gasteiger partial charge in [0, 0.05) is 17.5 Å². The first-order valence-corrected chi connectivity index (χ1v) is 7.06. The van der Waals surface area contributed by atoms with Crippen LogP contribution in [-0.2, 0) is 11.2 Å². The van der Waals surface area contributed by atoms with Crippen molar-refractivity contribution in [1.29, 1.82) is 0 Å². The monoisotopic (exact) mass is 289 g/mol. The molecule has 0 atom stereocenters. The molecule has 20 heavy (non-hydrogen) atoms. The summed E-state index contributed by atoms with van der Waals surface area (Å²) in [4.78, 5) is 24.6. The average Bonchev–Trinajstić information content (AvgIpc) is 3.07. The molecule has 0 aliphatic heterocycles. The van der Waals surface area contributed by atoms with E-state index in [1.807, 2.05) is 12.1 Å². The van der Waals surface area contributed by atoms with Crippen LogP contribution in [0.5, 0.6) is 0 Å². The molecule has 0 aliphatic rings. The van der Waals surface area contributed by atoms with Crippen molar-refractivity contribution in [2.75, 3.05) is 6.54 Å². The number of carbonyl (C=O) groups excluding carboxylic acids is 2. The summed E-state index contributed by atoms with van der Waals surface area (Å²) >= 11 is 1.47. The van der Waals surface area contributed by atoms with Gasteiger partial charge in [-0.2, -0.15) is 0 Å². The molecule has 2 aromatic rings. The zero-order valence-electron chi connectivity index (χ0n) is 11.1. The van der Waals surface area contributed by atoms with Crippen molar-refractivity contribution in [1.82, 2.24) is 5.32 Å². The van der Waals surface area contributed by atoms with E-state index in [4.69, 9.17) is 4.42 Å². The Morgan fingerprint density at radius 2 is 2.20 bits per heavy atom. The van der Waals surface area contributed by atoms with Crippen molar-refractivity contribution in [3.8, 4) is 0 Å². The van der Waals surface area contributed by atoms with Gasteiger partial charge in [-0.25, -0.2) is 0 Å². The Kier molecular flexibility index (Phi) is 4.90. The van der Waals surface area contributed by atoms with Crippen LogP contribution >= 0.6 is 11.3 Å². The van der Waals surface area contributed by atoms with E-state index in [9.17, 15) is 9.59 Å². The van der Waals surface area contributed by atoms with Crippen LogP contribution in [-0.4, -0.2) is 18.2 Å². The second kappa shape index (κ2) is 6.86. The van der Waals surface area contributed by atoms with Gasteiger partial charge in [0.05, 0.1) is 11.1 Å². The maximum absolute atomic E-state index is 11.6. The van der Waals surface area contributed by atoms with E-state index in [1.54, 1.807) is 31.4 Å². The number of amides is 1. The maximum atomic E-state index is 11.6. The van der Waals surface area contributed by atoms with Crippen LogP contribution in [0, 0.1) is 0 Å². The normalized spacial score (nSPS) is 10.8. The largest absolute Gasteiger partial charge is 0.465 e. The number of carbonyl (C=O) groups is 2. The molecule has 0 saturated carbocycles. The first-order chi connectivity index (χ1) is 9.65. The third-order valence-electron chi connectivity index (χ3n) is 2.62. The predicted octanol–water partition coefficient (Wildman–Crippen LogP) is 2.92. The van der Waals surface area contributed by atoms with Gasteiger partial charge in [0.25, 0.3) is 0 Å². The third kappa shape index (κ3) is 4.20. The lowest BCUT2D eigenvalue weighted by Crippen LogP contribution is -2.23. The van der Waals surface area contributed by atoms with Crippen molar-refractivity contribution in [2.45, 2.75) is 13.3 Å². The smallest absolute Gasteiger partial charge is 0.244 e. The molecule has 4 nitrogen and oxygen atoms in total. The van der Waals surface area contributed by atoms with E-state index in [0.717, 1.165) is 16.2 Å². The van der Waals surface area contributed by atoms with Crippen LogP contribution in [0.25, 0.3) is 6.08 Å². The zero-order valence-corrected chi connectivity index (χ0v) is 11.9. The molecule has 5 heteroatoms. The third-order valence-corrected chi connectivity index (χ3v) is 3.87. The highest BCUT2D eigenvalue weighted by Crippen LogP contribution is 2.17. The van der Waals surface area contributed by atoms with E-state index in [2.05, 4.69) is 5.32 Å². The summed E-state index contributed by atoms with van der Waals surface area (Å²) in [6.45, 7) is 2.09. The Hall–Kier alpha value is -2.14. The van der Waals surface area contributed by atoms with Gasteiger partial charge in [0.1, 0.15) is 5.76 Å². The lowest BCUT2D eigenvalue weighted by atomic mass is 10.3. The number of rotatable bonds is 6. The first-order valence-electron chi connectivity index (χ1n) is 6.24. The van der Waals surface area contributed by atoms with Crippen molar-refractivity contribution in [3.05, 3.63) is 52.1 Å². The molecule has 1 N–H and O–H groups in total. The highest BCUT2D eigenvalue weighted by molar-refractivity contribution is 7.14. The van der Waals surface area contributed by atoms with Crippen molar-refractivity contribution in [2.24, 2.45) is 0 Å². The fourth-order valence-electron chi connectivity index (χ4n) is 1.61. The van der Waals surface area contributed by atoms with Gasteiger partial charge in [-0.3, -0.25) is 9.59 Å². The highest BCUT2D eigenvalue weighted by atomic mass is 32.1. The van der Waals surface area contributed by atoms with Gasteiger partial charge < -0.3 is 9.73 Å². The molecule has 104 valence electrons. The Balaban J connectivity index is 1.75. The average molecular weight is 289 g/mol. The number of furan rings is 1. The molecule has 0 fully saturated rings. The van der Waals surface area contributed by atoms with E-state index < -0.39 is 0 Å². The standard InChI is InChI=1S/C15H15NO3S/c1-11(17)14-6-5-13(20-14)8-9-16-15(18)7-4-12-3-2-10-19-12/h2-7,10H,8-9H2,1H3,(H,16,18)/b7-4+. The van der Waals surface area contributed by atoms with E-state index in [-0.39, 0.29) is 11.7 Å². The van der Waals surface area contributed by atoms with Crippen LogP contribution in [0.2, 0.25) is 0 Å². The molecular formula is C15H15NO3S. The SMILES string of the molecule is CC(=O)c1ccc(CCNC(=O)/C=C/c2ccco2)s1. The second-order valence-electron chi connectivity index (χ2n) is 4.21. The Bertz CT molecular complexity index is 611. The van der Waals surface area contributed by atoms with E-state index >= 15 is 0 Å². The summed E-state index contributed by atoms with van der Waals surface area (Å²) in [5.74, 6) is 0.556. The quantitative estimate of drug-likeness (QED) is 0.657. The first kappa shape index (κ1) is 14.3. The summed E-state index contributed by atoms with van der Waals surface area (Å²) in [5.41, 5.74) is 0. The molecule has 0 radical (unpaired) electrons. The second-order valence-corrected chi connectivity index (χ2v) is 5.38. The number of nitrogens with one attached hydrogen (secondary N) is 1. The number of Topliss-reactive ketones (excluding diaryl/α,β-unsaturated/α-hetero) is 1. The molecule has 0 saturated heterocycles. The number of ketones is 1. The summed E-state index contributed by atoms with van der Waals surface area (Å²) in [7, 11) is 0. The molecule has 0 aromatic carbocycles. The van der Waals surface area contributed by atoms with Crippen molar-refractivity contribution in [3.63, 3.8) is 0 Å². The summed E-state index contributed by atoms with van der Waals surface area (Å²) < 4.78 is 5.09. The minimum Gasteiger partial charge on any atom is -0.465 e. The van der Waals surface area contributed by atoms with Crippen molar-refractivity contribution < 1.29 is 14.0 Å². The maximum Gasteiger partial charge on any atom is 0.244 e.